The number of nitrogens with one attached hydrogen (secondary N) is 1. The summed E-state index contributed by atoms with van der Waals surface area (Å²) in [5, 5.41) is 3.69. The molecule has 1 aliphatic rings. The van der Waals surface area contributed by atoms with E-state index in [0.717, 1.165) is 35.8 Å². The van der Waals surface area contributed by atoms with E-state index in [9.17, 15) is 4.79 Å². The zero-order chi connectivity index (χ0) is 15.1. The van der Waals surface area contributed by atoms with Crippen LogP contribution in [0.3, 0.4) is 0 Å². The number of nitrogens with zero attached hydrogens (tertiary/aromatic N) is 2. The number of imidazole rings is 1. The van der Waals surface area contributed by atoms with E-state index < -0.39 is 0 Å². The summed E-state index contributed by atoms with van der Waals surface area (Å²) >= 11 is 0. The van der Waals surface area contributed by atoms with Crippen LogP contribution in [0.15, 0.2) is 23.0 Å². The van der Waals surface area contributed by atoms with Gasteiger partial charge in [0.2, 0.25) is 0 Å². The highest BCUT2D eigenvalue weighted by molar-refractivity contribution is 5.77. The minimum absolute atomic E-state index is 0.0417. The lowest BCUT2D eigenvalue weighted by atomic mass is 10.0. The molecule has 3 atom stereocenters. The van der Waals surface area contributed by atoms with Gasteiger partial charge in [-0.25, -0.2) is 4.79 Å². The number of aromatic nitrogens is 2. The van der Waals surface area contributed by atoms with Crippen molar-refractivity contribution in [3.8, 4) is 0 Å². The molecule has 0 aliphatic heterocycles. The lowest BCUT2D eigenvalue weighted by Crippen LogP contribution is -2.24. The quantitative estimate of drug-likeness (QED) is 0.918. The van der Waals surface area contributed by atoms with Gasteiger partial charge in [0.05, 0.1) is 11.0 Å². The molecule has 1 N–H and O–H groups in total. The van der Waals surface area contributed by atoms with Gasteiger partial charge in [0.25, 0.3) is 0 Å². The first kappa shape index (κ1) is 14.4. The number of rotatable bonds is 5. The van der Waals surface area contributed by atoms with Gasteiger partial charge in [0.1, 0.15) is 0 Å². The van der Waals surface area contributed by atoms with Crippen molar-refractivity contribution in [1.82, 2.24) is 14.5 Å². The van der Waals surface area contributed by atoms with Gasteiger partial charge in [-0.15, -0.1) is 0 Å². The van der Waals surface area contributed by atoms with Gasteiger partial charge < -0.3 is 5.32 Å². The number of aryl methyl sites for hydroxylation is 2. The van der Waals surface area contributed by atoms with Crippen LogP contribution in [0.2, 0.25) is 0 Å². The van der Waals surface area contributed by atoms with Crippen LogP contribution >= 0.6 is 0 Å². The summed E-state index contributed by atoms with van der Waals surface area (Å²) < 4.78 is 3.46. The Morgan fingerprint density at radius 1 is 1.29 bits per heavy atom. The summed E-state index contributed by atoms with van der Waals surface area (Å²) in [6, 6.07) is 6.87. The van der Waals surface area contributed by atoms with Crippen molar-refractivity contribution in [3.05, 3.63) is 34.2 Å². The summed E-state index contributed by atoms with van der Waals surface area (Å²) in [4.78, 5) is 12.0. The highest BCUT2D eigenvalue weighted by atomic mass is 16.1. The summed E-state index contributed by atoms with van der Waals surface area (Å²) in [5.41, 5.74) is 3.38. The van der Waals surface area contributed by atoms with E-state index in [4.69, 9.17) is 0 Å². The first-order chi connectivity index (χ1) is 10.0. The average Bonchev–Trinajstić information content (AvgIpc) is 3.17. The Labute approximate surface area is 125 Å². The van der Waals surface area contributed by atoms with Gasteiger partial charge in [-0.1, -0.05) is 19.9 Å². The van der Waals surface area contributed by atoms with Gasteiger partial charge in [-0.2, -0.15) is 0 Å². The molecule has 3 rings (SSSR count). The standard InChI is InChI=1S/C17H25N3O/c1-5-8-18-16(13-9-11(13)2)12-6-7-14-15(10-12)20(4)17(21)19(14)3/h6-7,10-11,13,16,18H,5,8-9H2,1-4H3. The summed E-state index contributed by atoms with van der Waals surface area (Å²) in [6.07, 6.45) is 2.44. The second kappa shape index (κ2) is 5.34. The smallest absolute Gasteiger partial charge is 0.310 e. The van der Waals surface area contributed by atoms with E-state index in [1.165, 1.54) is 12.0 Å². The van der Waals surface area contributed by atoms with Crippen LogP contribution in [0, 0.1) is 11.8 Å². The highest BCUT2D eigenvalue weighted by Crippen LogP contribution is 2.47. The molecule has 4 nitrogen and oxygen atoms in total. The number of fused-ring (bicyclic) bond motifs is 1. The Hall–Kier alpha value is -1.55. The first-order valence-electron chi connectivity index (χ1n) is 7.93. The van der Waals surface area contributed by atoms with E-state index in [1.807, 2.05) is 14.1 Å². The van der Waals surface area contributed by atoms with Crippen LogP contribution in [-0.2, 0) is 14.1 Å². The molecule has 1 fully saturated rings. The molecule has 2 aromatic rings. The van der Waals surface area contributed by atoms with Crippen LogP contribution in [-0.4, -0.2) is 15.7 Å². The van der Waals surface area contributed by atoms with Gasteiger partial charge in [-0.05, 0) is 48.9 Å². The normalized spacial score (nSPS) is 22.7. The molecule has 0 amide bonds. The van der Waals surface area contributed by atoms with E-state index in [-0.39, 0.29) is 5.69 Å². The molecular weight excluding hydrogens is 262 g/mol. The molecule has 4 heteroatoms. The van der Waals surface area contributed by atoms with Crippen molar-refractivity contribution in [2.75, 3.05) is 6.54 Å². The molecular formula is C17H25N3O. The molecule has 1 aromatic carbocycles. The molecule has 1 heterocycles. The average molecular weight is 287 g/mol. The van der Waals surface area contributed by atoms with Gasteiger partial charge in [-0.3, -0.25) is 9.13 Å². The van der Waals surface area contributed by atoms with Crippen LogP contribution in [0.1, 0.15) is 38.3 Å². The summed E-state index contributed by atoms with van der Waals surface area (Å²) in [6.45, 7) is 5.56. The minimum Gasteiger partial charge on any atom is -0.310 e. The van der Waals surface area contributed by atoms with Crippen LogP contribution < -0.4 is 11.0 Å². The monoisotopic (exact) mass is 287 g/mol. The third-order valence-electron chi connectivity index (χ3n) is 4.87. The van der Waals surface area contributed by atoms with Crippen molar-refractivity contribution in [2.45, 2.75) is 32.7 Å². The second-order valence-electron chi connectivity index (χ2n) is 6.46. The van der Waals surface area contributed by atoms with Crippen molar-refractivity contribution in [3.63, 3.8) is 0 Å². The Balaban J connectivity index is 2.02. The largest absolute Gasteiger partial charge is 0.328 e. The Morgan fingerprint density at radius 2 is 1.95 bits per heavy atom. The van der Waals surface area contributed by atoms with Gasteiger partial charge in [0, 0.05) is 20.1 Å². The third-order valence-corrected chi connectivity index (χ3v) is 4.87. The zero-order valence-corrected chi connectivity index (χ0v) is 13.4. The van der Waals surface area contributed by atoms with Crippen LogP contribution in [0.4, 0.5) is 0 Å². The zero-order valence-electron chi connectivity index (χ0n) is 13.4. The minimum atomic E-state index is 0.0417. The van der Waals surface area contributed by atoms with Crippen molar-refractivity contribution >= 4 is 11.0 Å². The molecule has 0 saturated heterocycles. The van der Waals surface area contributed by atoms with Gasteiger partial charge in [0.15, 0.2) is 0 Å². The molecule has 1 aliphatic carbocycles. The lowest BCUT2D eigenvalue weighted by molar-refractivity contribution is 0.463. The van der Waals surface area contributed by atoms with Crippen molar-refractivity contribution in [1.29, 1.82) is 0 Å². The third kappa shape index (κ3) is 2.42. The topological polar surface area (TPSA) is 39.0 Å². The number of benzene rings is 1. The van der Waals surface area contributed by atoms with E-state index >= 15 is 0 Å². The predicted molar refractivity (Wildman–Crippen MR) is 86.5 cm³/mol. The molecule has 3 unspecified atom stereocenters. The fourth-order valence-electron chi connectivity index (χ4n) is 3.35. The molecule has 0 bridgehead atoms. The van der Waals surface area contributed by atoms with E-state index in [1.54, 1.807) is 9.13 Å². The van der Waals surface area contributed by atoms with Crippen molar-refractivity contribution < 1.29 is 0 Å². The number of hydrogen-bond acceptors (Lipinski definition) is 2. The van der Waals surface area contributed by atoms with Crippen LogP contribution in [0.5, 0.6) is 0 Å². The first-order valence-corrected chi connectivity index (χ1v) is 7.93. The van der Waals surface area contributed by atoms with Crippen molar-refractivity contribution in [2.24, 2.45) is 25.9 Å². The maximum atomic E-state index is 12.0. The molecule has 0 radical (unpaired) electrons. The highest BCUT2D eigenvalue weighted by Gasteiger charge is 2.39. The summed E-state index contributed by atoms with van der Waals surface area (Å²) in [5.74, 6) is 1.53. The Kier molecular flexibility index (Phi) is 3.66. The Bertz CT molecular complexity index is 713. The lowest BCUT2D eigenvalue weighted by Gasteiger charge is -2.19. The SMILES string of the molecule is CCCNC(c1ccc2c(c1)n(C)c(=O)n2C)C1CC1C. The fourth-order valence-corrected chi connectivity index (χ4v) is 3.35. The second-order valence-corrected chi connectivity index (χ2v) is 6.46. The molecule has 0 spiro atoms. The molecule has 1 aromatic heterocycles. The number of hydrogen-bond donors (Lipinski definition) is 1. The maximum absolute atomic E-state index is 12.0. The molecule has 21 heavy (non-hydrogen) atoms. The molecule has 1 saturated carbocycles. The summed E-state index contributed by atoms with van der Waals surface area (Å²) in [7, 11) is 3.68. The van der Waals surface area contributed by atoms with E-state index in [0.29, 0.717) is 6.04 Å². The maximum Gasteiger partial charge on any atom is 0.328 e. The molecule has 114 valence electrons. The van der Waals surface area contributed by atoms with Crippen LogP contribution in [0.25, 0.3) is 11.0 Å². The predicted octanol–water partition coefficient (Wildman–Crippen LogP) is 2.57. The fraction of sp³-hybridized carbons (Fsp3) is 0.588. The van der Waals surface area contributed by atoms with E-state index in [2.05, 4.69) is 37.4 Å². The van der Waals surface area contributed by atoms with Gasteiger partial charge >= 0.3 is 5.69 Å². The Morgan fingerprint density at radius 3 is 2.57 bits per heavy atom.